The average Bonchev–Trinajstić information content (AvgIpc) is 3.46. The van der Waals surface area contributed by atoms with Crippen LogP contribution in [0.1, 0.15) is 0 Å². The third-order valence-electron chi connectivity index (χ3n) is 4.84. The Kier molecular flexibility index (Phi) is 6.30. The molecule has 0 radical (unpaired) electrons. The summed E-state index contributed by atoms with van der Waals surface area (Å²) in [5.41, 5.74) is 2.16. The van der Waals surface area contributed by atoms with Gasteiger partial charge in [-0.15, -0.1) is 22.7 Å². The van der Waals surface area contributed by atoms with Crippen molar-refractivity contribution in [2.75, 3.05) is 0 Å². The van der Waals surface area contributed by atoms with Crippen LogP contribution in [-0.4, -0.2) is 0 Å². The summed E-state index contributed by atoms with van der Waals surface area (Å²) in [6.07, 6.45) is 0. The highest BCUT2D eigenvalue weighted by molar-refractivity contribution is 7.12. The van der Waals surface area contributed by atoms with Gasteiger partial charge in [-0.05, 0) is 47.5 Å². The Morgan fingerprint density at radius 2 is 1.21 bits per heavy atom. The van der Waals surface area contributed by atoms with E-state index in [-0.39, 0.29) is 11.4 Å². The number of nitrogens with zero attached hydrogens (tertiary/aromatic N) is 4. The summed E-state index contributed by atoms with van der Waals surface area (Å²) >= 11 is 2.35. The normalized spacial score (nSPS) is 11.0. The predicted molar refractivity (Wildman–Crippen MR) is 128 cm³/mol. The zero-order valence-corrected chi connectivity index (χ0v) is 18.8. The Morgan fingerprint density at radius 1 is 0.735 bits per heavy atom. The predicted octanol–water partition coefficient (Wildman–Crippen LogP) is 5.81. The molecule has 4 nitrogen and oxygen atoms in total. The molecular formula is C26H10F2N4S2. The second-order valence-electron chi connectivity index (χ2n) is 6.87. The quantitative estimate of drug-likeness (QED) is 0.340. The van der Waals surface area contributed by atoms with Gasteiger partial charge in [0.15, 0.2) is 0 Å². The minimum absolute atomic E-state index is 0.0902. The van der Waals surface area contributed by atoms with Crippen LogP contribution in [0.25, 0.3) is 43.3 Å². The lowest BCUT2D eigenvalue weighted by Gasteiger charge is -2.01. The van der Waals surface area contributed by atoms with Crippen LogP contribution in [0.2, 0.25) is 0 Å². The molecule has 0 aliphatic rings. The largest absolute Gasteiger partial charge is 0.536 e. The van der Waals surface area contributed by atoms with E-state index in [2.05, 4.69) is 9.69 Å². The first-order valence-electron chi connectivity index (χ1n) is 9.58. The lowest BCUT2D eigenvalue weighted by Crippen LogP contribution is -1.94. The fraction of sp³-hybridized carbons (Fsp3) is 0. The van der Waals surface area contributed by atoms with Crippen molar-refractivity contribution in [3.05, 3.63) is 113 Å². The highest BCUT2D eigenvalue weighted by atomic mass is 32.1. The fourth-order valence-corrected chi connectivity index (χ4v) is 5.76. The first-order valence-corrected chi connectivity index (χ1v) is 11.2. The van der Waals surface area contributed by atoms with Crippen LogP contribution < -0.4 is 9.06 Å². The standard InChI is InChI=1S/C26H10F2N4S2/c1-31-26(32-2)23-12-21(16-6-4-8-19(28)10-16)25(34-23)24-20(15-5-3-7-18(27)9-15)11-22(33-24)17(13-29)14-30/h3-12H/b25-24+. The molecule has 0 atom stereocenters. The highest BCUT2D eigenvalue weighted by Gasteiger charge is 2.15. The van der Waals surface area contributed by atoms with Gasteiger partial charge in [-0.2, -0.15) is 20.2 Å². The second-order valence-corrected chi connectivity index (χ2v) is 8.98. The van der Waals surface area contributed by atoms with Gasteiger partial charge in [0, 0.05) is 11.1 Å². The van der Waals surface area contributed by atoms with Crippen LogP contribution in [0.15, 0.2) is 60.7 Å². The Balaban J connectivity index is 2.31. The zero-order chi connectivity index (χ0) is 24.2. The van der Waals surface area contributed by atoms with Crippen molar-refractivity contribution in [1.29, 1.82) is 10.5 Å². The topological polar surface area (TPSA) is 56.3 Å². The molecule has 0 spiro atoms. The van der Waals surface area contributed by atoms with Gasteiger partial charge in [-0.3, -0.25) is 0 Å². The molecular weight excluding hydrogens is 470 g/mol. The minimum atomic E-state index is -0.449. The number of hydrogen-bond acceptors (Lipinski definition) is 4. The van der Waals surface area contributed by atoms with Crippen LogP contribution in [0.5, 0.6) is 0 Å². The molecule has 160 valence electrons. The number of halogens is 2. The van der Waals surface area contributed by atoms with E-state index in [4.69, 9.17) is 13.1 Å². The summed E-state index contributed by atoms with van der Waals surface area (Å²) in [7, 11) is 0. The van der Waals surface area contributed by atoms with E-state index in [1.807, 2.05) is 12.1 Å². The van der Waals surface area contributed by atoms with Gasteiger partial charge < -0.3 is 0 Å². The van der Waals surface area contributed by atoms with Gasteiger partial charge in [0.2, 0.25) is 0 Å². The van der Waals surface area contributed by atoms with Gasteiger partial charge in [-0.25, -0.2) is 8.78 Å². The molecule has 0 unspecified atom stereocenters. The summed E-state index contributed by atoms with van der Waals surface area (Å²) in [5.74, 6) is -1.02. The van der Waals surface area contributed by atoms with Crippen molar-refractivity contribution in [3.63, 3.8) is 0 Å². The molecule has 2 aromatic carbocycles. The number of hydrogen-bond donors (Lipinski definition) is 0. The molecule has 0 saturated carbocycles. The van der Waals surface area contributed by atoms with E-state index in [1.165, 1.54) is 46.9 Å². The van der Waals surface area contributed by atoms with Gasteiger partial charge in [-0.1, -0.05) is 24.3 Å². The first-order chi connectivity index (χ1) is 16.5. The molecule has 0 N–H and O–H groups in total. The Labute approximate surface area is 200 Å². The highest BCUT2D eigenvalue weighted by Crippen LogP contribution is 2.30. The molecule has 8 heteroatoms. The number of benzene rings is 2. The van der Waals surface area contributed by atoms with Crippen molar-refractivity contribution in [2.24, 2.45) is 0 Å². The van der Waals surface area contributed by atoms with Gasteiger partial charge in [0.05, 0.1) is 13.6 Å². The van der Waals surface area contributed by atoms with Crippen molar-refractivity contribution in [2.45, 2.75) is 0 Å². The van der Waals surface area contributed by atoms with Gasteiger partial charge in [0.1, 0.15) is 47.0 Å². The van der Waals surface area contributed by atoms with Crippen molar-refractivity contribution >= 4 is 34.1 Å². The Morgan fingerprint density at radius 3 is 1.65 bits per heavy atom. The van der Waals surface area contributed by atoms with Crippen molar-refractivity contribution in [3.8, 4) is 34.4 Å². The Hall–Kier alpha value is -4.60. The monoisotopic (exact) mass is 480 g/mol. The molecule has 4 aromatic rings. The molecule has 34 heavy (non-hydrogen) atoms. The SMILES string of the molecule is [C-]#[N+]C([N+]#[C-])=c1cc(-c2cccc(F)c2)/c(=c2\sc(=C(C#N)C#N)cc2-c2cccc(F)c2)s1. The maximum Gasteiger partial charge on any atom is 0.536 e. The van der Waals surface area contributed by atoms with Crippen LogP contribution in [-0.2, 0) is 0 Å². The van der Waals surface area contributed by atoms with Crippen LogP contribution in [0, 0.1) is 56.5 Å². The fourth-order valence-electron chi connectivity index (χ4n) is 3.36. The minimum Gasteiger partial charge on any atom is -0.207 e. The molecule has 0 amide bonds. The molecule has 0 bridgehead atoms. The summed E-state index contributed by atoms with van der Waals surface area (Å²) in [5, 5.41) is 18.8. The molecule has 0 fully saturated rings. The van der Waals surface area contributed by atoms with Gasteiger partial charge >= 0.3 is 5.82 Å². The first kappa shape index (κ1) is 22.6. The molecule has 0 saturated heterocycles. The van der Waals surface area contributed by atoms with E-state index in [0.717, 1.165) is 0 Å². The zero-order valence-electron chi connectivity index (χ0n) is 17.1. The van der Waals surface area contributed by atoms with E-state index < -0.39 is 11.6 Å². The maximum absolute atomic E-state index is 14.1. The number of nitriles is 2. The van der Waals surface area contributed by atoms with E-state index in [0.29, 0.717) is 40.4 Å². The van der Waals surface area contributed by atoms with E-state index >= 15 is 0 Å². The van der Waals surface area contributed by atoms with Crippen molar-refractivity contribution < 1.29 is 8.78 Å². The summed E-state index contributed by atoms with van der Waals surface area (Å²) in [4.78, 5) is 6.60. The third-order valence-corrected chi connectivity index (χ3v) is 7.29. The maximum atomic E-state index is 14.1. The van der Waals surface area contributed by atoms with Gasteiger partial charge in [0.25, 0.3) is 0 Å². The van der Waals surface area contributed by atoms with Crippen LogP contribution in [0.3, 0.4) is 0 Å². The number of thiophene rings is 2. The molecule has 2 aromatic heterocycles. The number of rotatable bonds is 2. The van der Waals surface area contributed by atoms with E-state index in [1.54, 1.807) is 36.4 Å². The lowest BCUT2D eigenvalue weighted by molar-refractivity contribution is 0.628. The summed E-state index contributed by atoms with van der Waals surface area (Å²) < 4.78 is 30.2. The van der Waals surface area contributed by atoms with E-state index in [9.17, 15) is 19.3 Å². The van der Waals surface area contributed by atoms with Crippen LogP contribution >= 0.6 is 22.7 Å². The third kappa shape index (κ3) is 4.20. The summed E-state index contributed by atoms with van der Waals surface area (Å²) in [6.45, 7) is 14.7. The molecule has 0 aliphatic heterocycles. The smallest absolute Gasteiger partial charge is 0.207 e. The Bertz CT molecular complexity index is 1670. The second kappa shape index (κ2) is 9.49. The average molecular weight is 481 g/mol. The molecule has 4 rings (SSSR count). The lowest BCUT2D eigenvalue weighted by atomic mass is 10.1. The molecule has 0 aliphatic carbocycles. The van der Waals surface area contributed by atoms with Crippen molar-refractivity contribution in [1.82, 2.24) is 0 Å². The molecule has 2 heterocycles. The van der Waals surface area contributed by atoms with Crippen LogP contribution in [0.4, 0.5) is 8.78 Å². The summed E-state index contributed by atoms with van der Waals surface area (Å²) in [6, 6.07) is 18.9.